The molecule has 1 aromatic carbocycles. The molecule has 0 saturated heterocycles. The zero-order valence-corrected chi connectivity index (χ0v) is 11.7. The fraction of sp³-hybridized carbons (Fsp3) is 0.267. The fourth-order valence-electron chi connectivity index (χ4n) is 1.71. The molecule has 1 heterocycles. The topological polar surface area (TPSA) is 76.2 Å². The Morgan fingerprint density at radius 2 is 1.80 bits per heavy atom. The Labute approximate surface area is 119 Å². The SMILES string of the molecule is CC(C)NC(N)=NCc1ncc(-c2ccccc2)cn1. The molecule has 0 bridgehead atoms. The van der Waals surface area contributed by atoms with Crippen molar-refractivity contribution in [3.05, 3.63) is 48.5 Å². The molecule has 0 aliphatic carbocycles. The minimum atomic E-state index is 0.264. The molecule has 0 radical (unpaired) electrons. The fourth-order valence-corrected chi connectivity index (χ4v) is 1.71. The van der Waals surface area contributed by atoms with Gasteiger partial charge in [0.25, 0.3) is 0 Å². The average Bonchev–Trinajstić information content (AvgIpc) is 2.46. The van der Waals surface area contributed by atoms with Gasteiger partial charge in [-0.15, -0.1) is 0 Å². The molecule has 0 amide bonds. The van der Waals surface area contributed by atoms with Gasteiger partial charge in [0.2, 0.25) is 0 Å². The van der Waals surface area contributed by atoms with Crippen molar-refractivity contribution in [2.75, 3.05) is 0 Å². The van der Waals surface area contributed by atoms with Gasteiger partial charge < -0.3 is 11.1 Å². The van der Waals surface area contributed by atoms with E-state index in [0.717, 1.165) is 11.1 Å². The standard InChI is InChI=1S/C15H19N5/c1-11(2)20-15(16)19-10-14-17-8-13(9-18-14)12-6-4-3-5-7-12/h3-9,11H,10H2,1-2H3,(H3,16,19,20). The summed E-state index contributed by atoms with van der Waals surface area (Å²) < 4.78 is 0. The lowest BCUT2D eigenvalue weighted by Crippen LogP contribution is -2.36. The maximum atomic E-state index is 5.73. The lowest BCUT2D eigenvalue weighted by molar-refractivity contribution is 0.721. The minimum absolute atomic E-state index is 0.264. The molecule has 0 saturated carbocycles. The first-order valence-electron chi connectivity index (χ1n) is 6.58. The Hall–Kier alpha value is -2.43. The smallest absolute Gasteiger partial charge is 0.189 e. The van der Waals surface area contributed by atoms with E-state index in [1.807, 2.05) is 44.2 Å². The van der Waals surface area contributed by atoms with E-state index < -0.39 is 0 Å². The number of aromatic nitrogens is 2. The summed E-state index contributed by atoms with van der Waals surface area (Å²) in [7, 11) is 0. The van der Waals surface area contributed by atoms with Crippen LogP contribution in [0.5, 0.6) is 0 Å². The molecular formula is C15H19N5. The second-order valence-electron chi connectivity index (χ2n) is 4.75. The lowest BCUT2D eigenvalue weighted by Gasteiger charge is -2.08. The minimum Gasteiger partial charge on any atom is -0.370 e. The molecule has 0 unspecified atom stereocenters. The van der Waals surface area contributed by atoms with Crippen LogP contribution in [0.2, 0.25) is 0 Å². The number of nitrogens with zero attached hydrogens (tertiary/aromatic N) is 3. The first kappa shape index (κ1) is 14.0. The summed E-state index contributed by atoms with van der Waals surface area (Å²) in [5.41, 5.74) is 7.82. The van der Waals surface area contributed by atoms with Crippen LogP contribution in [0.15, 0.2) is 47.7 Å². The number of nitrogens with two attached hydrogens (primary N) is 1. The van der Waals surface area contributed by atoms with Crippen molar-refractivity contribution >= 4 is 5.96 Å². The molecule has 20 heavy (non-hydrogen) atoms. The number of aliphatic imine (C=N–C) groups is 1. The highest BCUT2D eigenvalue weighted by atomic mass is 15.1. The van der Waals surface area contributed by atoms with Crippen LogP contribution in [0.3, 0.4) is 0 Å². The number of nitrogens with one attached hydrogen (secondary N) is 1. The van der Waals surface area contributed by atoms with Gasteiger partial charge in [-0.3, -0.25) is 0 Å². The average molecular weight is 269 g/mol. The third-order valence-electron chi connectivity index (χ3n) is 2.64. The van der Waals surface area contributed by atoms with E-state index in [2.05, 4.69) is 20.3 Å². The first-order chi connectivity index (χ1) is 9.65. The zero-order valence-electron chi connectivity index (χ0n) is 11.7. The summed E-state index contributed by atoms with van der Waals surface area (Å²) in [6.45, 7) is 4.39. The molecule has 0 aliphatic rings. The molecular weight excluding hydrogens is 250 g/mol. The van der Waals surface area contributed by atoms with E-state index >= 15 is 0 Å². The summed E-state index contributed by atoms with van der Waals surface area (Å²) >= 11 is 0. The van der Waals surface area contributed by atoms with E-state index in [9.17, 15) is 0 Å². The van der Waals surface area contributed by atoms with Crippen LogP contribution in [0.1, 0.15) is 19.7 Å². The highest BCUT2D eigenvalue weighted by Crippen LogP contribution is 2.16. The Bertz CT molecular complexity index is 561. The Kier molecular flexibility index (Phi) is 4.65. The highest BCUT2D eigenvalue weighted by Gasteiger charge is 2.00. The predicted molar refractivity (Wildman–Crippen MR) is 81.1 cm³/mol. The molecule has 2 aromatic rings. The molecule has 3 N–H and O–H groups in total. The van der Waals surface area contributed by atoms with Gasteiger partial charge in [0.15, 0.2) is 5.96 Å². The van der Waals surface area contributed by atoms with Gasteiger partial charge in [0.1, 0.15) is 12.4 Å². The molecule has 5 heteroatoms. The Morgan fingerprint density at radius 1 is 1.15 bits per heavy atom. The summed E-state index contributed by atoms with van der Waals surface area (Å²) in [5, 5.41) is 3.02. The van der Waals surface area contributed by atoms with Gasteiger partial charge in [-0.1, -0.05) is 30.3 Å². The van der Waals surface area contributed by atoms with Crippen molar-refractivity contribution in [2.24, 2.45) is 10.7 Å². The summed E-state index contributed by atoms with van der Waals surface area (Å²) in [5.74, 6) is 1.06. The van der Waals surface area contributed by atoms with E-state index in [1.165, 1.54) is 0 Å². The number of hydrogen-bond donors (Lipinski definition) is 2. The maximum absolute atomic E-state index is 5.73. The van der Waals surface area contributed by atoms with Crippen LogP contribution in [0.4, 0.5) is 0 Å². The quantitative estimate of drug-likeness (QED) is 0.657. The highest BCUT2D eigenvalue weighted by molar-refractivity contribution is 5.78. The van der Waals surface area contributed by atoms with Gasteiger partial charge in [-0.05, 0) is 19.4 Å². The van der Waals surface area contributed by atoms with Crippen molar-refractivity contribution in [3.8, 4) is 11.1 Å². The number of rotatable bonds is 4. The van der Waals surface area contributed by atoms with Crippen molar-refractivity contribution in [1.82, 2.24) is 15.3 Å². The molecule has 0 aliphatic heterocycles. The van der Waals surface area contributed by atoms with Crippen molar-refractivity contribution in [2.45, 2.75) is 26.4 Å². The number of benzene rings is 1. The van der Waals surface area contributed by atoms with Gasteiger partial charge in [0.05, 0.1) is 0 Å². The molecule has 104 valence electrons. The maximum Gasteiger partial charge on any atom is 0.189 e. The van der Waals surface area contributed by atoms with Gasteiger partial charge in [-0.25, -0.2) is 15.0 Å². The van der Waals surface area contributed by atoms with Gasteiger partial charge >= 0.3 is 0 Å². The van der Waals surface area contributed by atoms with E-state index in [1.54, 1.807) is 12.4 Å². The van der Waals surface area contributed by atoms with Crippen molar-refractivity contribution in [1.29, 1.82) is 0 Å². The zero-order chi connectivity index (χ0) is 14.4. The Morgan fingerprint density at radius 3 is 2.40 bits per heavy atom. The van der Waals surface area contributed by atoms with Crippen molar-refractivity contribution < 1.29 is 0 Å². The molecule has 1 aromatic heterocycles. The monoisotopic (exact) mass is 269 g/mol. The predicted octanol–water partition coefficient (Wildman–Crippen LogP) is 1.96. The second kappa shape index (κ2) is 6.65. The summed E-state index contributed by atoms with van der Waals surface area (Å²) in [6, 6.07) is 10.3. The molecule has 2 rings (SSSR count). The van der Waals surface area contributed by atoms with Crippen LogP contribution in [0.25, 0.3) is 11.1 Å². The van der Waals surface area contributed by atoms with Gasteiger partial charge in [-0.2, -0.15) is 0 Å². The van der Waals surface area contributed by atoms with Crippen LogP contribution in [-0.2, 0) is 6.54 Å². The molecule has 0 atom stereocenters. The number of hydrogen-bond acceptors (Lipinski definition) is 3. The molecule has 5 nitrogen and oxygen atoms in total. The third-order valence-corrected chi connectivity index (χ3v) is 2.64. The molecule has 0 fully saturated rings. The normalized spacial score (nSPS) is 11.7. The lowest BCUT2D eigenvalue weighted by atomic mass is 10.1. The van der Waals surface area contributed by atoms with Crippen LogP contribution in [0, 0.1) is 0 Å². The van der Waals surface area contributed by atoms with E-state index in [4.69, 9.17) is 5.73 Å². The summed E-state index contributed by atoms with van der Waals surface area (Å²) in [6.07, 6.45) is 3.61. The third kappa shape index (κ3) is 4.05. The molecule has 0 spiro atoms. The second-order valence-corrected chi connectivity index (χ2v) is 4.75. The van der Waals surface area contributed by atoms with Crippen LogP contribution in [-0.4, -0.2) is 22.0 Å². The first-order valence-corrected chi connectivity index (χ1v) is 6.58. The van der Waals surface area contributed by atoms with E-state index in [0.29, 0.717) is 18.3 Å². The van der Waals surface area contributed by atoms with Crippen LogP contribution >= 0.6 is 0 Å². The largest absolute Gasteiger partial charge is 0.370 e. The van der Waals surface area contributed by atoms with Crippen LogP contribution < -0.4 is 11.1 Å². The Balaban J connectivity index is 2.02. The van der Waals surface area contributed by atoms with Gasteiger partial charge in [0, 0.05) is 24.0 Å². The number of guanidine groups is 1. The van der Waals surface area contributed by atoms with Crippen molar-refractivity contribution in [3.63, 3.8) is 0 Å². The van der Waals surface area contributed by atoms with E-state index in [-0.39, 0.29) is 6.04 Å². The summed E-state index contributed by atoms with van der Waals surface area (Å²) in [4.78, 5) is 12.8.